The average Bonchev–Trinajstić information content (AvgIpc) is 2.01. The molecule has 0 rings (SSSR count). The number of nitrogens with zero attached hydrogens (tertiary/aromatic N) is 1. The molecular weight excluding hydrogens is 276 g/mol. The summed E-state index contributed by atoms with van der Waals surface area (Å²) < 4.78 is -1.75. The van der Waals surface area contributed by atoms with E-state index < -0.39 is 9.45 Å². The monoisotopic (exact) mass is 277 g/mol. The molecule has 0 aliphatic carbocycles. The first-order valence-electron chi connectivity index (χ1n) is 2.86. The molecule has 0 saturated carbocycles. The van der Waals surface area contributed by atoms with E-state index in [0.29, 0.717) is 0 Å². The molecule has 0 aliphatic rings. The molecule has 0 saturated heterocycles. The first kappa shape index (κ1) is 13.4. The molecule has 0 heterocycles. The van der Waals surface area contributed by atoms with Gasteiger partial charge in [-0.1, -0.05) is 46.4 Å². The Bertz CT molecular complexity index is 293. The van der Waals surface area contributed by atoms with Crippen molar-refractivity contribution in [3.05, 3.63) is 10.1 Å². The number of rotatable bonds is 3. The summed E-state index contributed by atoms with van der Waals surface area (Å²) >= 11 is 25.4. The van der Waals surface area contributed by atoms with Crippen molar-refractivity contribution in [1.29, 1.82) is 5.26 Å². The second kappa shape index (κ2) is 5.33. The van der Waals surface area contributed by atoms with Gasteiger partial charge in [0, 0.05) is 6.42 Å². The van der Waals surface area contributed by atoms with E-state index in [1.807, 2.05) is 0 Å². The van der Waals surface area contributed by atoms with Crippen molar-refractivity contribution in [2.24, 2.45) is 0 Å². The molecule has 0 amide bonds. The lowest BCUT2D eigenvalue weighted by atomic mass is 10.3. The van der Waals surface area contributed by atoms with Gasteiger partial charge in [0.25, 0.3) is 0 Å². The number of alkyl halides is 2. The first-order chi connectivity index (χ1) is 5.81. The van der Waals surface area contributed by atoms with Crippen molar-refractivity contribution in [3.8, 4) is 6.07 Å². The Morgan fingerprint density at radius 2 is 1.92 bits per heavy atom. The summed E-state index contributed by atoms with van der Waals surface area (Å²) in [5, 5.41) is 7.25. The molecule has 0 bridgehead atoms. The molecule has 0 radical (unpaired) electrons. The van der Waals surface area contributed by atoms with Gasteiger partial charge in [-0.15, -0.1) is 12.6 Å². The maximum Gasteiger partial charge on any atom is 0.222 e. The SMILES string of the molecule is N#CC(Cl)=C(Cl)CC(Cl)(Cl)C(=O)S. The highest BCUT2D eigenvalue weighted by atomic mass is 35.5. The fourth-order valence-corrected chi connectivity index (χ4v) is 1.20. The topological polar surface area (TPSA) is 40.9 Å². The summed E-state index contributed by atoms with van der Waals surface area (Å²) in [6.07, 6.45) is -0.244. The van der Waals surface area contributed by atoms with Gasteiger partial charge in [-0.05, 0) is 0 Å². The van der Waals surface area contributed by atoms with Crippen molar-refractivity contribution in [2.45, 2.75) is 10.8 Å². The predicted octanol–water partition coefficient (Wildman–Crippen LogP) is 3.22. The van der Waals surface area contributed by atoms with E-state index in [1.54, 1.807) is 6.07 Å². The number of hydrogen-bond acceptors (Lipinski definition) is 2. The Balaban J connectivity index is 4.66. The first-order valence-corrected chi connectivity index (χ1v) is 4.82. The van der Waals surface area contributed by atoms with Crippen LogP contribution in [0.5, 0.6) is 0 Å². The third-order valence-electron chi connectivity index (χ3n) is 1.03. The van der Waals surface area contributed by atoms with Crippen LogP contribution in [0.1, 0.15) is 6.42 Å². The number of carbonyl (C=O) groups excluding carboxylic acids is 1. The van der Waals surface area contributed by atoms with Crippen LogP contribution in [0, 0.1) is 11.3 Å². The maximum atomic E-state index is 10.7. The van der Waals surface area contributed by atoms with Crippen LogP contribution >= 0.6 is 59.0 Å². The number of hydrogen-bond donors (Lipinski definition) is 1. The largest absolute Gasteiger partial charge is 0.284 e. The predicted molar refractivity (Wildman–Crippen MR) is 57.4 cm³/mol. The van der Waals surface area contributed by atoms with Gasteiger partial charge in [-0.25, -0.2) is 0 Å². The van der Waals surface area contributed by atoms with Crippen LogP contribution in [0.15, 0.2) is 10.1 Å². The Hall–Kier alpha value is 0.410. The lowest BCUT2D eigenvalue weighted by molar-refractivity contribution is -0.111. The molecule has 0 aliphatic heterocycles. The number of thiol groups is 1. The number of nitriles is 1. The van der Waals surface area contributed by atoms with Gasteiger partial charge in [0.2, 0.25) is 5.12 Å². The van der Waals surface area contributed by atoms with E-state index in [0.717, 1.165) is 0 Å². The molecule has 7 heteroatoms. The van der Waals surface area contributed by atoms with Gasteiger partial charge in [-0.3, -0.25) is 4.79 Å². The second-order valence-corrected chi connectivity index (χ2v) is 4.74. The molecule has 72 valence electrons. The highest BCUT2D eigenvalue weighted by Crippen LogP contribution is 2.34. The molecule has 0 aromatic rings. The second-order valence-electron chi connectivity index (χ2n) is 2.02. The lowest BCUT2D eigenvalue weighted by Crippen LogP contribution is -2.21. The van der Waals surface area contributed by atoms with Crippen molar-refractivity contribution in [3.63, 3.8) is 0 Å². The highest BCUT2D eigenvalue weighted by Gasteiger charge is 2.32. The van der Waals surface area contributed by atoms with Crippen LogP contribution in [-0.4, -0.2) is 9.45 Å². The zero-order valence-electron chi connectivity index (χ0n) is 6.02. The van der Waals surface area contributed by atoms with Crippen molar-refractivity contribution in [1.82, 2.24) is 0 Å². The minimum atomic E-state index is -1.75. The fourth-order valence-electron chi connectivity index (χ4n) is 0.409. The number of halogens is 4. The third kappa shape index (κ3) is 4.44. The molecule has 0 fully saturated rings. The number of allylic oxidation sites excluding steroid dienone is 2. The van der Waals surface area contributed by atoms with E-state index >= 15 is 0 Å². The third-order valence-corrected chi connectivity index (χ3v) is 3.01. The van der Waals surface area contributed by atoms with Gasteiger partial charge in [0.1, 0.15) is 11.1 Å². The number of carbonyl (C=O) groups is 1. The van der Waals surface area contributed by atoms with Crippen LogP contribution in [0.25, 0.3) is 0 Å². The summed E-state index contributed by atoms with van der Waals surface area (Å²) in [4.78, 5) is 10.7. The zero-order valence-corrected chi connectivity index (χ0v) is 9.94. The highest BCUT2D eigenvalue weighted by molar-refractivity contribution is 7.97. The van der Waals surface area contributed by atoms with Gasteiger partial charge < -0.3 is 0 Å². The minimum absolute atomic E-state index is 0.0726. The van der Waals surface area contributed by atoms with Crippen LogP contribution in [0.4, 0.5) is 0 Å². The molecule has 0 spiro atoms. The van der Waals surface area contributed by atoms with Crippen LogP contribution in [0.2, 0.25) is 0 Å². The Morgan fingerprint density at radius 1 is 1.46 bits per heavy atom. The molecule has 2 nitrogen and oxygen atoms in total. The summed E-state index contributed by atoms with van der Waals surface area (Å²) in [6.45, 7) is 0. The van der Waals surface area contributed by atoms with E-state index in [9.17, 15) is 4.79 Å². The van der Waals surface area contributed by atoms with E-state index in [-0.39, 0.29) is 16.5 Å². The van der Waals surface area contributed by atoms with Crippen molar-refractivity contribution in [2.75, 3.05) is 0 Å². The Morgan fingerprint density at radius 3 is 2.23 bits per heavy atom. The molecule has 0 N–H and O–H groups in total. The summed E-state index contributed by atoms with van der Waals surface area (Å²) in [7, 11) is 0. The molecule has 0 unspecified atom stereocenters. The van der Waals surface area contributed by atoms with E-state index in [4.69, 9.17) is 51.7 Å². The van der Waals surface area contributed by atoms with Gasteiger partial charge in [-0.2, -0.15) is 5.26 Å². The maximum absolute atomic E-state index is 10.7. The van der Waals surface area contributed by atoms with Crippen LogP contribution < -0.4 is 0 Å². The zero-order chi connectivity index (χ0) is 10.6. The Kier molecular flexibility index (Phi) is 5.50. The fraction of sp³-hybridized carbons (Fsp3) is 0.333. The van der Waals surface area contributed by atoms with Crippen LogP contribution in [-0.2, 0) is 4.79 Å². The van der Waals surface area contributed by atoms with E-state index in [2.05, 4.69) is 12.6 Å². The summed E-state index contributed by atoms with van der Waals surface area (Å²) in [6, 6.07) is 1.59. The van der Waals surface area contributed by atoms with Gasteiger partial charge in [0.15, 0.2) is 4.33 Å². The normalized spacial score (nSPS) is 13.2. The summed E-state index contributed by atoms with van der Waals surface area (Å²) in [5.74, 6) is 0. The van der Waals surface area contributed by atoms with Gasteiger partial charge in [0.05, 0.1) is 5.03 Å². The van der Waals surface area contributed by atoms with Crippen LogP contribution in [0.3, 0.4) is 0 Å². The van der Waals surface area contributed by atoms with Crippen molar-refractivity contribution >= 4 is 64.1 Å². The summed E-state index contributed by atoms with van der Waals surface area (Å²) in [5.41, 5.74) is 0. The Labute approximate surface area is 101 Å². The lowest BCUT2D eigenvalue weighted by Gasteiger charge is -2.13. The van der Waals surface area contributed by atoms with Gasteiger partial charge >= 0.3 is 0 Å². The molecule has 0 aromatic carbocycles. The minimum Gasteiger partial charge on any atom is -0.284 e. The molecule has 0 atom stereocenters. The quantitative estimate of drug-likeness (QED) is 0.489. The van der Waals surface area contributed by atoms with Crippen molar-refractivity contribution < 1.29 is 4.79 Å². The van der Waals surface area contributed by atoms with E-state index in [1.165, 1.54) is 0 Å². The molecule has 0 aromatic heterocycles. The molecule has 13 heavy (non-hydrogen) atoms. The smallest absolute Gasteiger partial charge is 0.222 e. The average molecular weight is 279 g/mol. The molecular formula is C6H3Cl4NOS. The standard InChI is InChI=1S/C6H3Cl4NOS/c7-3(4(8)2-11)1-6(9,10)5(12)13/h1H2,(H,12,13).